The van der Waals surface area contributed by atoms with Crippen molar-refractivity contribution in [2.24, 2.45) is 0 Å². The molecule has 1 aliphatic heterocycles. The van der Waals surface area contributed by atoms with Crippen LogP contribution in [0.25, 0.3) is 0 Å². The SMILES string of the molecule is C[C@@H](c1ccc(C(O)[C@]2(C)CCCN2C)cc1)N(C(=O)O)C(C)(C)C. The highest BCUT2D eigenvalue weighted by Crippen LogP contribution is 2.39. The first-order chi connectivity index (χ1) is 11.5. The van der Waals surface area contributed by atoms with Gasteiger partial charge < -0.3 is 10.2 Å². The number of carbonyl (C=O) groups is 1. The van der Waals surface area contributed by atoms with Gasteiger partial charge in [-0.05, 0) is 72.2 Å². The summed E-state index contributed by atoms with van der Waals surface area (Å²) in [6.07, 6.45) is 0.588. The van der Waals surface area contributed by atoms with Crippen LogP contribution in [0.4, 0.5) is 4.79 Å². The first-order valence-corrected chi connectivity index (χ1v) is 9.00. The Hall–Kier alpha value is -1.59. The van der Waals surface area contributed by atoms with Gasteiger partial charge in [0.1, 0.15) is 0 Å². The van der Waals surface area contributed by atoms with Crippen LogP contribution in [0.15, 0.2) is 24.3 Å². The smallest absolute Gasteiger partial charge is 0.408 e. The number of benzene rings is 1. The van der Waals surface area contributed by atoms with Gasteiger partial charge in [0.25, 0.3) is 0 Å². The summed E-state index contributed by atoms with van der Waals surface area (Å²) in [6.45, 7) is 10.7. The molecule has 1 unspecified atom stereocenters. The fourth-order valence-corrected chi connectivity index (χ4v) is 3.96. The second kappa shape index (κ2) is 6.96. The first kappa shape index (κ1) is 19.7. The van der Waals surface area contributed by atoms with Crippen molar-refractivity contribution in [3.8, 4) is 0 Å². The Labute approximate surface area is 151 Å². The van der Waals surface area contributed by atoms with Crippen LogP contribution >= 0.6 is 0 Å². The van der Waals surface area contributed by atoms with E-state index in [4.69, 9.17) is 0 Å². The molecule has 0 radical (unpaired) electrons. The van der Waals surface area contributed by atoms with Crippen molar-refractivity contribution < 1.29 is 15.0 Å². The monoisotopic (exact) mass is 348 g/mol. The van der Waals surface area contributed by atoms with E-state index in [1.165, 1.54) is 4.90 Å². The Bertz CT molecular complexity index is 608. The summed E-state index contributed by atoms with van der Waals surface area (Å²) in [7, 11) is 2.06. The molecule has 1 saturated heterocycles. The maximum absolute atomic E-state index is 11.7. The highest BCUT2D eigenvalue weighted by atomic mass is 16.4. The second-order valence-corrected chi connectivity index (χ2v) is 8.45. The summed E-state index contributed by atoms with van der Waals surface area (Å²) < 4.78 is 0. The zero-order valence-electron chi connectivity index (χ0n) is 16.3. The molecule has 3 atom stereocenters. The lowest BCUT2D eigenvalue weighted by atomic mass is 9.86. The minimum Gasteiger partial charge on any atom is -0.465 e. The number of hydrogen-bond donors (Lipinski definition) is 2. The molecule has 0 aliphatic carbocycles. The van der Waals surface area contributed by atoms with Gasteiger partial charge in [-0.25, -0.2) is 4.79 Å². The van der Waals surface area contributed by atoms with Crippen LogP contribution < -0.4 is 0 Å². The predicted octanol–water partition coefficient (Wildman–Crippen LogP) is 4.04. The summed E-state index contributed by atoms with van der Waals surface area (Å²) in [5.41, 5.74) is 1.08. The number of aliphatic hydroxyl groups is 1. The lowest BCUT2D eigenvalue weighted by Crippen LogP contribution is -2.46. The molecule has 1 aromatic carbocycles. The molecule has 1 fully saturated rings. The molecule has 0 saturated carbocycles. The molecule has 0 aromatic heterocycles. The van der Waals surface area contributed by atoms with E-state index < -0.39 is 17.7 Å². The molecule has 5 nitrogen and oxygen atoms in total. The lowest BCUT2D eigenvalue weighted by Gasteiger charge is -2.39. The molecule has 1 aliphatic rings. The van der Waals surface area contributed by atoms with Gasteiger partial charge in [-0.2, -0.15) is 0 Å². The average Bonchev–Trinajstić information content (AvgIpc) is 2.85. The van der Waals surface area contributed by atoms with Crippen LogP contribution in [-0.4, -0.2) is 50.8 Å². The first-order valence-electron chi connectivity index (χ1n) is 9.00. The van der Waals surface area contributed by atoms with Crippen molar-refractivity contribution in [3.05, 3.63) is 35.4 Å². The fraction of sp³-hybridized carbons (Fsp3) is 0.650. The number of carboxylic acid groups (broad SMARTS) is 1. The number of amides is 1. The molecule has 0 spiro atoms. The summed E-state index contributed by atoms with van der Waals surface area (Å²) in [6, 6.07) is 7.47. The largest absolute Gasteiger partial charge is 0.465 e. The van der Waals surface area contributed by atoms with Gasteiger partial charge in [0.2, 0.25) is 0 Å². The number of hydrogen-bond acceptors (Lipinski definition) is 3. The van der Waals surface area contributed by atoms with Crippen molar-refractivity contribution in [2.45, 2.75) is 70.7 Å². The topological polar surface area (TPSA) is 64.0 Å². The molecular formula is C20H32N2O3. The summed E-state index contributed by atoms with van der Waals surface area (Å²) in [4.78, 5) is 15.4. The third-order valence-corrected chi connectivity index (χ3v) is 5.69. The van der Waals surface area contributed by atoms with Crippen molar-refractivity contribution in [3.63, 3.8) is 0 Å². The second-order valence-electron chi connectivity index (χ2n) is 8.45. The molecule has 5 heteroatoms. The Kier molecular flexibility index (Phi) is 5.50. The summed E-state index contributed by atoms with van der Waals surface area (Å²) in [5.74, 6) is 0. The Morgan fingerprint density at radius 2 is 1.76 bits per heavy atom. The molecular weight excluding hydrogens is 316 g/mol. The van der Waals surface area contributed by atoms with Gasteiger partial charge in [0.05, 0.1) is 12.1 Å². The van der Waals surface area contributed by atoms with E-state index in [1.807, 2.05) is 52.0 Å². The maximum atomic E-state index is 11.7. The Morgan fingerprint density at radius 1 is 1.24 bits per heavy atom. The molecule has 2 N–H and O–H groups in total. The van der Waals surface area contributed by atoms with Gasteiger partial charge >= 0.3 is 6.09 Å². The quantitative estimate of drug-likeness (QED) is 0.862. The zero-order valence-corrected chi connectivity index (χ0v) is 16.3. The van der Waals surface area contributed by atoms with Crippen molar-refractivity contribution in [1.29, 1.82) is 0 Å². The normalized spacial score (nSPS) is 24.1. The van der Waals surface area contributed by atoms with Gasteiger partial charge in [-0.1, -0.05) is 24.3 Å². The van der Waals surface area contributed by atoms with E-state index in [0.29, 0.717) is 0 Å². The van der Waals surface area contributed by atoms with Crippen molar-refractivity contribution >= 4 is 6.09 Å². The molecule has 25 heavy (non-hydrogen) atoms. The minimum atomic E-state index is -0.927. The van der Waals surface area contributed by atoms with Crippen LogP contribution in [0, 0.1) is 0 Å². The highest BCUT2D eigenvalue weighted by molar-refractivity contribution is 5.66. The average molecular weight is 348 g/mol. The number of likely N-dealkylation sites (N-methyl/N-ethyl adjacent to an activating group) is 1. The number of aliphatic hydroxyl groups excluding tert-OH is 1. The number of likely N-dealkylation sites (tertiary alicyclic amines) is 1. The number of nitrogens with zero attached hydrogens (tertiary/aromatic N) is 2. The zero-order chi connectivity index (χ0) is 19.0. The van der Waals surface area contributed by atoms with E-state index in [2.05, 4.69) is 18.9 Å². The van der Waals surface area contributed by atoms with E-state index in [1.54, 1.807) is 0 Å². The lowest BCUT2D eigenvalue weighted by molar-refractivity contribution is 0.0158. The summed E-state index contributed by atoms with van der Waals surface area (Å²) >= 11 is 0. The minimum absolute atomic E-state index is 0.244. The fourth-order valence-electron chi connectivity index (χ4n) is 3.96. The highest BCUT2D eigenvalue weighted by Gasteiger charge is 2.41. The molecule has 1 aromatic rings. The molecule has 0 bridgehead atoms. The summed E-state index contributed by atoms with van der Waals surface area (Å²) in [5, 5.41) is 20.4. The Morgan fingerprint density at radius 3 is 2.16 bits per heavy atom. The molecule has 2 rings (SSSR count). The third kappa shape index (κ3) is 3.82. The third-order valence-electron chi connectivity index (χ3n) is 5.69. The van der Waals surface area contributed by atoms with Crippen LogP contribution in [0.1, 0.15) is 70.7 Å². The van der Waals surface area contributed by atoms with Crippen LogP contribution in [0.3, 0.4) is 0 Å². The van der Waals surface area contributed by atoms with Gasteiger partial charge in [0, 0.05) is 11.1 Å². The molecule has 1 amide bonds. The standard InChI is InChI=1S/C20H32N2O3/c1-14(22(18(24)25)19(2,3)4)15-8-10-16(11-9-15)17(23)20(5)12-7-13-21(20)6/h8-11,14,17,23H,7,12-13H2,1-6H3,(H,24,25)/t14-,17?,20-/m0/s1. The van der Waals surface area contributed by atoms with E-state index in [-0.39, 0.29) is 11.6 Å². The van der Waals surface area contributed by atoms with Crippen LogP contribution in [-0.2, 0) is 0 Å². The molecule has 140 valence electrons. The van der Waals surface area contributed by atoms with E-state index in [9.17, 15) is 15.0 Å². The maximum Gasteiger partial charge on any atom is 0.408 e. The van der Waals surface area contributed by atoms with Gasteiger partial charge in [0.15, 0.2) is 0 Å². The van der Waals surface area contributed by atoms with E-state index in [0.717, 1.165) is 30.5 Å². The van der Waals surface area contributed by atoms with Gasteiger partial charge in [-0.3, -0.25) is 9.80 Å². The van der Waals surface area contributed by atoms with E-state index >= 15 is 0 Å². The van der Waals surface area contributed by atoms with Crippen molar-refractivity contribution in [1.82, 2.24) is 9.80 Å². The predicted molar refractivity (Wildman–Crippen MR) is 99.7 cm³/mol. The number of rotatable bonds is 4. The van der Waals surface area contributed by atoms with Crippen molar-refractivity contribution in [2.75, 3.05) is 13.6 Å². The molecule has 1 heterocycles. The Balaban J connectivity index is 2.23. The van der Waals surface area contributed by atoms with Crippen LogP contribution in [0.5, 0.6) is 0 Å². The van der Waals surface area contributed by atoms with Crippen LogP contribution in [0.2, 0.25) is 0 Å². The van der Waals surface area contributed by atoms with Gasteiger partial charge in [-0.15, -0.1) is 0 Å².